The maximum Gasteiger partial charge on any atom is 0.136 e. The molecule has 9 heteroatoms. The molecule has 2 fully saturated rings. The third-order valence-corrected chi connectivity index (χ3v) is 7.27. The molecule has 0 unspecified atom stereocenters. The minimum Gasteiger partial charge on any atom is -0.370 e. The van der Waals surface area contributed by atoms with Crippen LogP contribution < -0.4 is 15.1 Å². The molecule has 3 aliphatic heterocycles. The Morgan fingerprint density at radius 3 is 2.80 bits per heavy atom. The highest BCUT2D eigenvalue weighted by Crippen LogP contribution is 2.30. The third-order valence-electron chi connectivity index (χ3n) is 7.27. The van der Waals surface area contributed by atoms with Gasteiger partial charge < -0.3 is 19.9 Å². The zero-order valence-corrected chi connectivity index (χ0v) is 20.0. The van der Waals surface area contributed by atoms with Crippen LogP contribution in [0.2, 0.25) is 0 Å². The summed E-state index contributed by atoms with van der Waals surface area (Å²) < 4.78 is 6.38. The first-order chi connectivity index (χ1) is 17.2. The van der Waals surface area contributed by atoms with E-state index in [4.69, 9.17) is 4.74 Å². The highest BCUT2D eigenvalue weighted by molar-refractivity contribution is 5.95. The monoisotopic (exact) mass is 470 g/mol. The molecule has 0 spiro atoms. The number of pyridine rings is 1. The summed E-state index contributed by atoms with van der Waals surface area (Å²) in [7, 11) is 0. The standard InChI is InChI=1S/C26H30N8O/c1-18-14-34(24-5-4-19(11-27)25-21(24)3-2-6-29-25)16-20(35-18)15-32-7-9-33(10-8-32)26-22-12-28-13-23(22)30-17-31-26/h2-6,17-18,20,28H,7-10,12-16H2,1H3/t18-,20+/m1/s1. The normalized spacial score (nSPS) is 22.9. The number of rotatable bonds is 4. The maximum absolute atomic E-state index is 9.50. The fourth-order valence-corrected chi connectivity index (χ4v) is 5.65. The molecular weight excluding hydrogens is 440 g/mol. The van der Waals surface area contributed by atoms with Crippen LogP contribution in [-0.2, 0) is 17.8 Å². The van der Waals surface area contributed by atoms with Gasteiger partial charge in [0.15, 0.2) is 0 Å². The second-order valence-corrected chi connectivity index (χ2v) is 9.63. The zero-order valence-electron chi connectivity index (χ0n) is 20.0. The van der Waals surface area contributed by atoms with Crippen molar-refractivity contribution in [3.8, 4) is 6.07 Å². The Bertz CT molecular complexity index is 1270. The van der Waals surface area contributed by atoms with Gasteiger partial charge in [-0.2, -0.15) is 5.26 Å². The number of fused-ring (bicyclic) bond motifs is 2. The second kappa shape index (κ2) is 9.38. The van der Waals surface area contributed by atoms with Crippen molar-refractivity contribution in [3.05, 3.63) is 53.6 Å². The summed E-state index contributed by atoms with van der Waals surface area (Å²) in [5, 5.41) is 13.9. The fraction of sp³-hybridized carbons (Fsp3) is 0.462. The van der Waals surface area contributed by atoms with Crippen LogP contribution in [0.1, 0.15) is 23.7 Å². The van der Waals surface area contributed by atoms with Crippen LogP contribution in [0.15, 0.2) is 36.8 Å². The topological polar surface area (TPSA) is 93.4 Å². The van der Waals surface area contributed by atoms with Crippen molar-refractivity contribution >= 4 is 22.4 Å². The smallest absolute Gasteiger partial charge is 0.136 e. The molecule has 35 heavy (non-hydrogen) atoms. The Balaban J connectivity index is 1.13. The summed E-state index contributed by atoms with van der Waals surface area (Å²) in [6.07, 6.45) is 3.71. The molecule has 3 aromatic rings. The number of aromatic nitrogens is 3. The number of hydrogen-bond acceptors (Lipinski definition) is 9. The number of benzene rings is 1. The lowest BCUT2D eigenvalue weighted by atomic mass is 10.1. The van der Waals surface area contributed by atoms with Gasteiger partial charge in [0.25, 0.3) is 0 Å². The molecule has 1 aromatic carbocycles. The molecule has 5 heterocycles. The Morgan fingerprint density at radius 2 is 1.94 bits per heavy atom. The van der Waals surface area contributed by atoms with Crippen molar-refractivity contribution in [2.45, 2.75) is 32.2 Å². The minimum atomic E-state index is 0.125. The highest BCUT2D eigenvalue weighted by Gasteiger charge is 2.30. The fourth-order valence-electron chi connectivity index (χ4n) is 5.65. The van der Waals surface area contributed by atoms with E-state index >= 15 is 0 Å². The van der Waals surface area contributed by atoms with Gasteiger partial charge >= 0.3 is 0 Å². The maximum atomic E-state index is 9.50. The van der Waals surface area contributed by atoms with Gasteiger partial charge in [0.05, 0.1) is 29.0 Å². The van der Waals surface area contributed by atoms with Gasteiger partial charge in [0.1, 0.15) is 18.2 Å². The average molecular weight is 471 g/mol. The summed E-state index contributed by atoms with van der Waals surface area (Å²) in [6.45, 7) is 10.3. The third kappa shape index (κ3) is 4.29. The molecule has 1 N–H and O–H groups in total. The zero-order chi connectivity index (χ0) is 23.8. The minimum absolute atomic E-state index is 0.125. The number of nitrogens with zero attached hydrogens (tertiary/aromatic N) is 7. The first kappa shape index (κ1) is 22.2. The van der Waals surface area contributed by atoms with Crippen LogP contribution in [0.4, 0.5) is 11.5 Å². The molecule has 3 aliphatic rings. The van der Waals surface area contributed by atoms with E-state index in [1.165, 1.54) is 5.56 Å². The number of hydrogen-bond donors (Lipinski definition) is 1. The molecule has 0 radical (unpaired) electrons. The Morgan fingerprint density at radius 1 is 1.06 bits per heavy atom. The highest BCUT2D eigenvalue weighted by atomic mass is 16.5. The lowest BCUT2D eigenvalue weighted by molar-refractivity contribution is -0.0327. The van der Waals surface area contributed by atoms with Crippen molar-refractivity contribution in [2.75, 3.05) is 55.6 Å². The van der Waals surface area contributed by atoms with E-state index in [-0.39, 0.29) is 12.2 Å². The predicted octanol–water partition coefficient (Wildman–Crippen LogP) is 1.92. The molecule has 2 atom stereocenters. The predicted molar refractivity (Wildman–Crippen MR) is 134 cm³/mol. The van der Waals surface area contributed by atoms with Crippen molar-refractivity contribution in [1.82, 2.24) is 25.2 Å². The van der Waals surface area contributed by atoms with E-state index in [9.17, 15) is 5.26 Å². The Kier molecular flexibility index (Phi) is 5.94. The van der Waals surface area contributed by atoms with Gasteiger partial charge in [0.2, 0.25) is 0 Å². The lowest BCUT2D eigenvalue weighted by Crippen LogP contribution is -2.54. The second-order valence-electron chi connectivity index (χ2n) is 9.63. The summed E-state index contributed by atoms with van der Waals surface area (Å²) in [5.74, 6) is 1.09. The molecule has 9 nitrogen and oxygen atoms in total. The SMILES string of the molecule is C[C@@H]1CN(c2ccc(C#N)c3ncccc23)C[C@H](CN2CCN(c3ncnc4c3CNC4)CC2)O1. The van der Waals surface area contributed by atoms with Crippen molar-refractivity contribution < 1.29 is 4.74 Å². The Labute approximate surface area is 205 Å². The van der Waals surface area contributed by atoms with Gasteiger partial charge in [-0.25, -0.2) is 9.97 Å². The number of morpholine rings is 1. The summed E-state index contributed by atoms with van der Waals surface area (Å²) in [6, 6.07) is 10.2. The van der Waals surface area contributed by atoms with Crippen LogP contribution >= 0.6 is 0 Å². The first-order valence-corrected chi connectivity index (χ1v) is 12.4. The average Bonchev–Trinajstić information content (AvgIpc) is 3.37. The molecule has 0 aliphatic carbocycles. The van der Waals surface area contributed by atoms with Crippen LogP contribution in [0, 0.1) is 11.3 Å². The molecule has 6 rings (SSSR count). The van der Waals surface area contributed by atoms with Gasteiger partial charge in [-0.05, 0) is 31.2 Å². The van der Waals surface area contributed by atoms with Crippen LogP contribution in [0.25, 0.3) is 10.9 Å². The molecule has 0 saturated carbocycles. The summed E-state index contributed by atoms with van der Waals surface area (Å²) >= 11 is 0. The summed E-state index contributed by atoms with van der Waals surface area (Å²) in [5.41, 5.74) is 4.90. The van der Waals surface area contributed by atoms with E-state index < -0.39 is 0 Å². The van der Waals surface area contributed by atoms with Crippen LogP contribution in [-0.4, -0.2) is 77.9 Å². The molecule has 0 bridgehead atoms. The van der Waals surface area contributed by atoms with Gasteiger partial charge in [-0.15, -0.1) is 0 Å². The van der Waals surface area contributed by atoms with E-state index in [2.05, 4.69) is 60.1 Å². The van der Waals surface area contributed by atoms with Crippen LogP contribution in [0.3, 0.4) is 0 Å². The molecule has 0 amide bonds. The van der Waals surface area contributed by atoms with E-state index in [0.29, 0.717) is 5.56 Å². The van der Waals surface area contributed by atoms with E-state index in [0.717, 1.165) is 87.0 Å². The van der Waals surface area contributed by atoms with Gasteiger partial charge in [0, 0.05) is 81.7 Å². The van der Waals surface area contributed by atoms with Crippen molar-refractivity contribution in [3.63, 3.8) is 0 Å². The molecule has 180 valence electrons. The van der Waals surface area contributed by atoms with E-state index in [1.807, 2.05) is 12.1 Å². The largest absolute Gasteiger partial charge is 0.370 e. The Hall–Kier alpha value is -3.32. The number of anilines is 2. The quantitative estimate of drug-likeness (QED) is 0.614. The van der Waals surface area contributed by atoms with Gasteiger partial charge in [-0.3, -0.25) is 9.88 Å². The van der Waals surface area contributed by atoms with Crippen LogP contribution in [0.5, 0.6) is 0 Å². The van der Waals surface area contributed by atoms with E-state index in [1.54, 1.807) is 12.5 Å². The van der Waals surface area contributed by atoms with Crippen molar-refractivity contribution in [1.29, 1.82) is 5.26 Å². The number of ether oxygens (including phenoxy) is 1. The number of nitriles is 1. The van der Waals surface area contributed by atoms with Crippen molar-refractivity contribution in [2.24, 2.45) is 0 Å². The van der Waals surface area contributed by atoms with Gasteiger partial charge in [-0.1, -0.05) is 0 Å². The summed E-state index contributed by atoms with van der Waals surface area (Å²) in [4.78, 5) is 20.8. The molecular formula is C26H30N8O. The first-order valence-electron chi connectivity index (χ1n) is 12.4. The lowest BCUT2D eigenvalue weighted by Gasteiger charge is -2.42. The number of piperazine rings is 1. The molecule has 2 aromatic heterocycles. The number of nitrogens with one attached hydrogen (secondary N) is 1. The molecule has 2 saturated heterocycles.